The van der Waals surface area contributed by atoms with Crippen LogP contribution in [0.25, 0.3) is 5.70 Å². The van der Waals surface area contributed by atoms with Crippen molar-refractivity contribution in [3.05, 3.63) is 41.5 Å². The van der Waals surface area contributed by atoms with Crippen LogP contribution in [0.5, 0.6) is 0 Å². The van der Waals surface area contributed by atoms with Gasteiger partial charge in [0.2, 0.25) is 0 Å². The molecule has 3 aliphatic heterocycles. The maximum atomic E-state index is 12.2. The van der Waals surface area contributed by atoms with E-state index in [0.717, 1.165) is 17.7 Å². The average molecular weight is 300 g/mol. The summed E-state index contributed by atoms with van der Waals surface area (Å²) in [5.41, 5.74) is 3.58. The van der Waals surface area contributed by atoms with Gasteiger partial charge in [-0.3, -0.25) is 4.90 Å². The summed E-state index contributed by atoms with van der Waals surface area (Å²) in [6, 6.07) is 9.90. The summed E-state index contributed by atoms with van der Waals surface area (Å²) < 4.78 is 5.16. The number of nitrogens with zero attached hydrogens (tertiary/aromatic N) is 1. The van der Waals surface area contributed by atoms with E-state index in [0.29, 0.717) is 13.0 Å². The lowest BCUT2D eigenvalue weighted by atomic mass is 9.89. The molecule has 0 aliphatic carbocycles. The Kier molecular flexibility index (Phi) is 3.11. The van der Waals surface area contributed by atoms with Gasteiger partial charge in [0.1, 0.15) is 0 Å². The molecule has 22 heavy (non-hydrogen) atoms. The van der Waals surface area contributed by atoms with Crippen molar-refractivity contribution in [2.75, 3.05) is 6.61 Å². The van der Waals surface area contributed by atoms with Crippen LogP contribution in [0.2, 0.25) is 0 Å². The van der Waals surface area contributed by atoms with Gasteiger partial charge in [-0.25, -0.2) is 4.79 Å². The van der Waals surface area contributed by atoms with E-state index in [-0.39, 0.29) is 24.2 Å². The van der Waals surface area contributed by atoms with Gasteiger partial charge >= 0.3 is 6.09 Å². The minimum absolute atomic E-state index is 0.00439. The molecular formula is C17H20N2O3. The molecule has 1 aromatic carbocycles. The predicted molar refractivity (Wildman–Crippen MR) is 82.0 cm³/mol. The second kappa shape index (κ2) is 5.02. The second-order valence-corrected chi connectivity index (χ2v) is 6.15. The Bertz CT molecular complexity index is 626. The van der Waals surface area contributed by atoms with E-state index < -0.39 is 6.10 Å². The zero-order valence-corrected chi connectivity index (χ0v) is 12.5. The normalized spacial score (nSPS) is 32.2. The SMILES string of the molecule is CCOC(=O)N1C2CC3=C(c4ccccc4)NC2[C@@H](O)C1C3. The number of rotatable bonds is 2. The van der Waals surface area contributed by atoms with E-state index in [1.165, 1.54) is 5.57 Å². The number of carbonyl (C=O) groups excluding carboxylic acids is 1. The van der Waals surface area contributed by atoms with Crippen LogP contribution in [0, 0.1) is 0 Å². The van der Waals surface area contributed by atoms with Crippen molar-refractivity contribution < 1.29 is 14.6 Å². The van der Waals surface area contributed by atoms with Crippen molar-refractivity contribution in [1.29, 1.82) is 0 Å². The second-order valence-electron chi connectivity index (χ2n) is 6.15. The van der Waals surface area contributed by atoms with Gasteiger partial charge in [-0.1, -0.05) is 30.3 Å². The van der Waals surface area contributed by atoms with Crippen molar-refractivity contribution >= 4 is 11.8 Å². The lowest BCUT2D eigenvalue weighted by Crippen LogP contribution is -2.52. The van der Waals surface area contributed by atoms with Crippen LogP contribution < -0.4 is 5.32 Å². The summed E-state index contributed by atoms with van der Waals surface area (Å²) in [5.74, 6) is 0. The number of amides is 1. The molecule has 4 atom stereocenters. The van der Waals surface area contributed by atoms with Crippen LogP contribution in [0.15, 0.2) is 35.9 Å². The third kappa shape index (κ3) is 1.85. The van der Waals surface area contributed by atoms with Crippen LogP contribution in [-0.2, 0) is 4.74 Å². The molecule has 3 aliphatic rings. The molecule has 5 heteroatoms. The molecule has 1 aromatic rings. The van der Waals surface area contributed by atoms with Crippen LogP contribution in [-0.4, -0.2) is 46.9 Å². The fourth-order valence-corrected chi connectivity index (χ4v) is 4.10. The summed E-state index contributed by atoms with van der Waals surface area (Å²) in [4.78, 5) is 13.9. The van der Waals surface area contributed by atoms with Crippen molar-refractivity contribution in [2.24, 2.45) is 0 Å². The highest BCUT2D eigenvalue weighted by Gasteiger charge is 2.56. The number of ether oxygens (including phenoxy) is 1. The molecule has 2 saturated heterocycles. The quantitative estimate of drug-likeness (QED) is 0.873. The molecule has 1 amide bonds. The first-order valence-electron chi connectivity index (χ1n) is 7.88. The number of carbonyl (C=O) groups is 1. The van der Waals surface area contributed by atoms with Gasteiger partial charge in [0, 0.05) is 5.70 Å². The molecule has 4 rings (SSSR count). The van der Waals surface area contributed by atoms with Gasteiger partial charge in [0.25, 0.3) is 0 Å². The number of benzene rings is 1. The maximum absolute atomic E-state index is 12.2. The largest absolute Gasteiger partial charge is 0.450 e. The van der Waals surface area contributed by atoms with Crippen molar-refractivity contribution in [1.82, 2.24) is 10.2 Å². The molecule has 5 nitrogen and oxygen atoms in total. The topological polar surface area (TPSA) is 61.8 Å². The molecule has 0 aromatic heterocycles. The first-order valence-corrected chi connectivity index (χ1v) is 7.88. The Hall–Kier alpha value is -2.01. The van der Waals surface area contributed by atoms with Crippen LogP contribution in [0.1, 0.15) is 25.3 Å². The summed E-state index contributed by atoms with van der Waals surface area (Å²) in [5, 5.41) is 14.1. The molecule has 3 unspecified atom stereocenters. The van der Waals surface area contributed by atoms with E-state index in [1.54, 1.807) is 11.8 Å². The molecule has 2 fully saturated rings. The molecule has 3 heterocycles. The lowest BCUT2D eigenvalue weighted by Gasteiger charge is -2.40. The number of hydrogen-bond donors (Lipinski definition) is 2. The Labute approximate surface area is 129 Å². The third-order valence-electron chi connectivity index (χ3n) is 5.01. The van der Waals surface area contributed by atoms with Crippen molar-refractivity contribution in [2.45, 2.75) is 44.0 Å². The van der Waals surface area contributed by atoms with Gasteiger partial charge in [0.15, 0.2) is 0 Å². The smallest absolute Gasteiger partial charge is 0.410 e. The Morgan fingerprint density at radius 3 is 2.77 bits per heavy atom. The summed E-state index contributed by atoms with van der Waals surface area (Å²) >= 11 is 0. The fraction of sp³-hybridized carbons (Fsp3) is 0.471. The number of hydrogen-bond acceptors (Lipinski definition) is 4. The highest BCUT2D eigenvalue weighted by atomic mass is 16.6. The Morgan fingerprint density at radius 2 is 2.05 bits per heavy atom. The lowest BCUT2D eigenvalue weighted by molar-refractivity contribution is 0.0633. The van der Waals surface area contributed by atoms with Crippen molar-refractivity contribution in [3.8, 4) is 0 Å². The van der Waals surface area contributed by atoms with Crippen LogP contribution in [0.4, 0.5) is 4.79 Å². The third-order valence-corrected chi connectivity index (χ3v) is 5.01. The minimum Gasteiger partial charge on any atom is -0.450 e. The van der Waals surface area contributed by atoms with Crippen molar-refractivity contribution in [3.63, 3.8) is 0 Å². The number of nitrogens with one attached hydrogen (secondary N) is 1. The number of aliphatic hydroxyl groups excluding tert-OH is 1. The van der Waals surface area contributed by atoms with Gasteiger partial charge in [-0.2, -0.15) is 0 Å². The first-order chi connectivity index (χ1) is 10.7. The van der Waals surface area contributed by atoms with E-state index in [1.807, 2.05) is 18.2 Å². The fourth-order valence-electron chi connectivity index (χ4n) is 4.10. The van der Waals surface area contributed by atoms with E-state index >= 15 is 0 Å². The van der Waals surface area contributed by atoms with Gasteiger partial charge in [-0.05, 0) is 30.9 Å². The Balaban J connectivity index is 1.68. The Morgan fingerprint density at radius 1 is 1.32 bits per heavy atom. The predicted octanol–water partition coefficient (Wildman–Crippen LogP) is 1.73. The first kappa shape index (κ1) is 13.6. The van der Waals surface area contributed by atoms with E-state index in [2.05, 4.69) is 17.4 Å². The van der Waals surface area contributed by atoms with Crippen LogP contribution >= 0.6 is 0 Å². The summed E-state index contributed by atoms with van der Waals surface area (Å²) in [7, 11) is 0. The molecule has 116 valence electrons. The van der Waals surface area contributed by atoms with Gasteiger partial charge in [-0.15, -0.1) is 0 Å². The summed E-state index contributed by atoms with van der Waals surface area (Å²) in [6.07, 6.45) is 0.676. The molecule has 3 bridgehead atoms. The van der Waals surface area contributed by atoms with E-state index in [9.17, 15) is 9.90 Å². The summed E-state index contributed by atoms with van der Waals surface area (Å²) in [6.45, 7) is 2.17. The number of piperidine rings is 1. The standard InChI is InChI=1S/C17H20N2O3/c1-2-22-17(21)19-12-8-11-9-13(19)16(20)15(12)18-14(11)10-6-4-3-5-7-10/h3-7,12-13,15-16,18,20H,2,8-9H2,1H3/t12?,13?,15?,16-/m0/s1. The van der Waals surface area contributed by atoms with E-state index in [4.69, 9.17) is 4.74 Å². The van der Waals surface area contributed by atoms with Crippen LogP contribution in [0.3, 0.4) is 0 Å². The zero-order chi connectivity index (χ0) is 15.3. The highest BCUT2D eigenvalue weighted by molar-refractivity contribution is 5.74. The molecule has 0 spiro atoms. The highest BCUT2D eigenvalue weighted by Crippen LogP contribution is 2.45. The zero-order valence-electron chi connectivity index (χ0n) is 12.5. The average Bonchev–Trinajstić information content (AvgIpc) is 2.64. The molecule has 0 saturated carbocycles. The number of fused-ring (bicyclic) bond motifs is 2. The molecule has 2 N–H and O–H groups in total. The van der Waals surface area contributed by atoms with Gasteiger partial charge < -0.3 is 15.2 Å². The minimum atomic E-state index is -0.548. The molecule has 0 radical (unpaired) electrons. The molecular weight excluding hydrogens is 280 g/mol. The monoisotopic (exact) mass is 300 g/mol. The maximum Gasteiger partial charge on any atom is 0.410 e. The number of aliphatic hydroxyl groups is 1. The van der Waals surface area contributed by atoms with Gasteiger partial charge in [0.05, 0.1) is 30.8 Å².